The molecule has 4 rings (SSSR count). The zero-order chi connectivity index (χ0) is 18.8. The van der Waals surface area contributed by atoms with E-state index in [1.165, 1.54) is 11.3 Å². The minimum Gasteiger partial charge on any atom is -0.278 e. The van der Waals surface area contributed by atoms with Crippen LogP contribution in [0.1, 0.15) is 21.6 Å². The molecule has 0 aliphatic rings. The molecule has 0 bridgehead atoms. The molecule has 2 aromatic heterocycles. The molecular weight excluding hydrogens is 378 g/mol. The van der Waals surface area contributed by atoms with Crippen molar-refractivity contribution in [3.8, 4) is 0 Å². The lowest BCUT2D eigenvalue weighted by molar-refractivity contribution is 0.0985. The van der Waals surface area contributed by atoms with Crippen LogP contribution >= 0.6 is 22.9 Å². The molecular formula is C21H16ClN3OS. The van der Waals surface area contributed by atoms with Crippen molar-refractivity contribution in [3.05, 3.63) is 88.7 Å². The number of fused-ring (bicyclic) bond motifs is 1. The van der Waals surface area contributed by atoms with E-state index in [0.29, 0.717) is 27.8 Å². The van der Waals surface area contributed by atoms with Crippen LogP contribution in [0.25, 0.3) is 10.2 Å². The lowest BCUT2D eigenvalue weighted by Gasteiger charge is -2.19. The molecule has 6 heteroatoms. The number of benzene rings is 2. The number of aromatic nitrogens is 2. The number of carbonyl (C=O) groups excluding carboxylic acids is 1. The Labute approximate surface area is 166 Å². The summed E-state index contributed by atoms with van der Waals surface area (Å²) < 4.78 is 0.945. The highest BCUT2D eigenvalue weighted by atomic mass is 35.5. The van der Waals surface area contributed by atoms with E-state index in [1.54, 1.807) is 17.2 Å². The smallest absolute Gasteiger partial charge is 0.260 e. The first-order valence-electron chi connectivity index (χ1n) is 8.45. The zero-order valence-corrected chi connectivity index (χ0v) is 16.2. The van der Waals surface area contributed by atoms with Crippen molar-refractivity contribution in [3.63, 3.8) is 0 Å². The molecule has 0 saturated carbocycles. The summed E-state index contributed by atoms with van der Waals surface area (Å²) in [7, 11) is 0. The van der Waals surface area contributed by atoms with E-state index in [-0.39, 0.29) is 5.91 Å². The molecule has 0 N–H and O–H groups in total. The van der Waals surface area contributed by atoms with Gasteiger partial charge in [0, 0.05) is 11.8 Å². The average molecular weight is 394 g/mol. The summed E-state index contributed by atoms with van der Waals surface area (Å²) in [6.07, 6.45) is 1.72. The van der Waals surface area contributed by atoms with E-state index >= 15 is 0 Å². The molecule has 0 spiro atoms. The van der Waals surface area contributed by atoms with Gasteiger partial charge in [0.05, 0.1) is 22.0 Å². The highest BCUT2D eigenvalue weighted by Crippen LogP contribution is 2.34. The molecule has 27 heavy (non-hydrogen) atoms. The molecule has 134 valence electrons. The number of anilines is 1. The number of aryl methyl sites for hydroxylation is 1. The van der Waals surface area contributed by atoms with Crippen LogP contribution in [0.4, 0.5) is 5.13 Å². The largest absolute Gasteiger partial charge is 0.278 e. The summed E-state index contributed by atoms with van der Waals surface area (Å²) in [5.74, 6) is -0.115. The number of halogens is 1. The first kappa shape index (κ1) is 17.6. The predicted molar refractivity (Wildman–Crippen MR) is 111 cm³/mol. The van der Waals surface area contributed by atoms with Gasteiger partial charge in [-0.1, -0.05) is 52.8 Å². The van der Waals surface area contributed by atoms with Crippen LogP contribution in [0.15, 0.2) is 66.9 Å². The molecule has 0 aliphatic heterocycles. The number of pyridine rings is 1. The van der Waals surface area contributed by atoms with Gasteiger partial charge in [-0.3, -0.25) is 14.7 Å². The third-order valence-corrected chi connectivity index (χ3v) is 5.53. The van der Waals surface area contributed by atoms with Gasteiger partial charge < -0.3 is 0 Å². The van der Waals surface area contributed by atoms with Gasteiger partial charge in [0.1, 0.15) is 5.52 Å². The average Bonchev–Trinajstić information content (AvgIpc) is 3.12. The minimum absolute atomic E-state index is 0.115. The second-order valence-corrected chi connectivity index (χ2v) is 7.58. The molecule has 0 fully saturated rings. The maximum Gasteiger partial charge on any atom is 0.260 e. The second-order valence-electron chi connectivity index (χ2n) is 6.16. The summed E-state index contributed by atoms with van der Waals surface area (Å²) in [5, 5.41) is 1.19. The minimum atomic E-state index is -0.115. The second kappa shape index (κ2) is 7.47. The van der Waals surface area contributed by atoms with Gasteiger partial charge in [-0.25, -0.2) is 4.98 Å². The van der Waals surface area contributed by atoms with Gasteiger partial charge in [-0.05, 0) is 43.3 Å². The van der Waals surface area contributed by atoms with E-state index in [4.69, 9.17) is 11.6 Å². The van der Waals surface area contributed by atoms with Crippen molar-refractivity contribution in [1.82, 2.24) is 9.97 Å². The molecule has 0 aliphatic carbocycles. The summed E-state index contributed by atoms with van der Waals surface area (Å²) in [5.41, 5.74) is 3.22. The normalized spacial score (nSPS) is 10.9. The van der Waals surface area contributed by atoms with Crippen LogP contribution in [-0.2, 0) is 6.54 Å². The van der Waals surface area contributed by atoms with Crippen molar-refractivity contribution in [2.24, 2.45) is 0 Å². The van der Waals surface area contributed by atoms with Crippen LogP contribution < -0.4 is 4.90 Å². The number of rotatable bonds is 4. The van der Waals surface area contributed by atoms with Crippen molar-refractivity contribution in [2.75, 3.05) is 4.90 Å². The highest BCUT2D eigenvalue weighted by Gasteiger charge is 2.22. The highest BCUT2D eigenvalue weighted by molar-refractivity contribution is 7.22. The lowest BCUT2D eigenvalue weighted by Crippen LogP contribution is -2.30. The molecule has 2 heterocycles. The summed E-state index contributed by atoms with van der Waals surface area (Å²) in [6.45, 7) is 2.33. The predicted octanol–water partition coefficient (Wildman–Crippen LogP) is 5.50. The van der Waals surface area contributed by atoms with E-state index in [1.807, 2.05) is 61.5 Å². The quantitative estimate of drug-likeness (QED) is 0.460. The Hall–Kier alpha value is -2.76. The fourth-order valence-corrected chi connectivity index (χ4v) is 4.01. The van der Waals surface area contributed by atoms with Gasteiger partial charge >= 0.3 is 0 Å². The maximum atomic E-state index is 13.3. The van der Waals surface area contributed by atoms with E-state index in [0.717, 1.165) is 16.0 Å². The van der Waals surface area contributed by atoms with Crippen molar-refractivity contribution in [1.29, 1.82) is 0 Å². The maximum absolute atomic E-state index is 13.3. The zero-order valence-electron chi connectivity index (χ0n) is 14.6. The molecule has 2 aromatic carbocycles. The Balaban J connectivity index is 1.78. The molecule has 1 amide bonds. The summed E-state index contributed by atoms with van der Waals surface area (Å²) in [4.78, 5) is 23.9. The Morgan fingerprint density at radius 1 is 1.07 bits per heavy atom. The fourth-order valence-electron chi connectivity index (χ4n) is 2.75. The number of thiazole rings is 1. The Kier molecular flexibility index (Phi) is 4.88. The summed E-state index contributed by atoms with van der Waals surface area (Å²) in [6, 6.07) is 18.8. The van der Waals surface area contributed by atoms with Gasteiger partial charge in [0.2, 0.25) is 0 Å². The van der Waals surface area contributed by atoms with Crippen LogP contribution in [0.3, 0.4) is 0 Å². The molecule has 0 unspecified atom stereocenters. The Morgan fingerprint density at radius 2 is 1.89 bits per heavy atom. The third kappa shape index (κ3) is 3.70. The number of carbonyl (C=O) groups is 1. The molecule has 0 saturated heterocycles. The number of hydrogen-bond donors (Lipinski definition) is 0. The third-order valence-electron chi connectivity index (χ3n) is 4.18. The fraction of sp³-hybridized carbons (Fsp3) is 0.0952. The monoisotopic (exact) mass is 393 g/mol. The summed E-state index contributed by atoms with van der Waals surface area (Å²) >= 11 is 7.72. The standard InChI is InChI=1S/C21H16ClN3OS/c1-14-8-10-15(11-9-14)20(26)25(13-16-5-2-3-12-23-16)21-24-19-17(22)6-4-7-18(19)27-21/h2-12H,13H2,1H3. The van der Waals surface area contributed by atoms with Gasteiger partial charge in [0.15, 0.2) is 5.13 Å². The van der Waals surface area contributed by atoms with Crippen LogP contribution in [0.5, 0.6) is 0 Å². The Bertz CT molecular complexity index is 1090. The number of amides is 1. The lowest BCUT2D eigenvalue weighted by atomic mass is 10.1. The van der Waals surface area contributed by atoms with Crippen molar-refractivity contribution in [2.45, 2.75) is 13.5 Å². The van der Waals surface area contributed by atoms with E-state index in [9.17, 15) is 4.79 Å². The number of hydrogen-bond acceptors (Lipinski definition) is 4. The van der Waals surface area contributed by atoms with E-state index < -0.39 is 0 Å². The number of nitrogens with zero attached hydrogens (tertiary/aromatic N) is 3. The van der Waals surface area contributed by atoms with Crippen molar-refractivity contribution >= 4 is 44.2 Å². The topological polar surface area (TPSA) is 46.1 Å². The van der Waals surface area contributed by atoms with E-state index in [2.05, 4.69) is 9.97 Å². The molecule has 0 atom stereocenters. The first-order chi connectivity index (χ1) is 13.1. The molecule has 4 nitrogen and oxygen atoms in total. The van der Waals surface area contributed by atoms with Gasteiger partial charge in [-0.15, -0.1) is 0 Å². The van der Waals surface area contributed by atoms with Crippen LogP contribution in [0, 0.1) is 6.92 Å². The Morgan fingerprint density at radius 3 is 2.59 bits per heavy atom. The SMILES string of the molecule is Cc1ccc(C(=O)N(Cc2ccccn2)c2nc3c(Cl)cccc3s2)cc1. The van der Waals surface area contributed by atoms with Crippen LogP contribution in [0.2, 0.25) is 5.02 Å². The van der Waals surface area contributed by atoms with Crippen LogP contribution in [-0.4, -0.2) is 15.9 Å². The van der Waals surface area contributed by atoms with Crippen molar-refractivity contribution < 1.29 is 4.79 Å². The molecule has 0 radical (unpaired) electrons. The van der Waals surface area contributed by atoms with Gasteiger partial charge in [-0.2, -0.15) is 0 Å². The molecule has 4 aromatic rings. The van der Waals surface area contributed by atoms with Gasteiger partial charge in [0.25, 0.3) is 5.91 Å². The number of para-hydroxylation sites is 1. The first-order valence-corrected chi connectivity index (χ1v) is 9.65.